The van der Waals surface area contributed by atoms with E-state index in [2.05, 4.69) is 5.32 Å². The maximum absolute atomic E-state index is 12.7. The number of carbonyl (C=O) groups excluding carboxylic acids is 2. The molecule has 4 rings (SSSR count). The lowest BCUT2D eigenvalue weighted by Crippen LogP contribution is -2.48. The predicted octanol–water partition coefficient (Wildman–Crippen LogP) is 2.00. The number of benzene rings is 1. The fourth-order valence-electron chi connectivity index (χ4n) is 4.83. The molecule has 7 nitrogen and oxygen atoms in total. The number of nitrogens with zero attached hydrogens (tertiary/aromatic N) is 2. The Balaban J connectivity index is 1.40. The van der Waals surface area contributed by atoms with Crippen molar-refractivity contribution in [1.82, 2.24) is 10.2 Å². The molecular weight excluding hydrogens is 346 g/mol. The van der Waals surface area contributed by atoms with Gasteiger partial charge in [0.25, 0.3) is 0 Å². The molecule has 2 saturated heterocycles. The van der Waals surface area contributed by atoms with Crippen molar-refractivity contribution in [2.24, 2.45) is 11.3 Å². The van der Waals surface area contributed by atoms with E-state index in [0.29, 0.717) is 25.9 Å². The molecule has 3 atom stereocenters. The van der Waals surface area contributed by atoms with Gasteiger partial charge in [0, 0.05) is 25.3 Å². The molecule has 2 N–H and O–H groups in total. The van der Waals surface area contributed by atoms with Crippen LogP contribution in [-0.2, 0) is 9.59 Å². The third kappa shape index (κ3) is 2.95. The predicted molar refractivity (Wildman–Crippen MR) is 99.5 cm³/mol. The van der Waals surface area contributed by atoms with E-state index in [1.165, 1.54) is 0 Å². The highest BCUT2D eigenvalue weighted by molar-refractivity contribution is 6.01. The number of aryl methyl sites for hydroxylation is 1. The lowest BCUT2D eigenvalue weighted by Gasteiger charge is -2.24. The molecule has 2 heterocycles. The Hall–Kier alpha value is -2.57. The molecule has 3 aliphatic rings. The molecule has 0 radical (unpaired) electrons. The zero-order chi connectivity index (χ0) is 19.2. The lowest BCUT2D eigenvalue weighted by molar-refractivity contribution is -0.149. The Morgan fingerprint density at radius 2 is 1.96 bits per heavy atom. The number of carbonyl (C=O) groups is 3. The molecule has 1 saturated carbocycles. The van der Waals surface area contributed by atoms with E-state index in [-0.39, 0.29) is 24.4 Å². The van der Waals surface area contributed by atoms with Gasteiger partial charge in [-0.3, -0.25) is 9.59 Å². The molecule has 1 aromatic carbocycles. The van der Waals surface area contributed by atoms with Crippen molar-refractivity contribution in [3.05, 3.63) is 29.8 Å². The van der Waals surface area contributed by atoms with Crippen LogP contribution in [0.25, 0.3) is 0 Å². The van der Waals surface area contributed by atoms with E-state index >= 15 is 0 Å². The van der Waals surface area contributed by atoms with Crippen LogP contribution < -0.4 is 10.2 Å². The highest BCUT2D eigenvalue weighted by Crippen LogP contribution is 2.48. The number of likely N-dealkylation sites (tertiary alicyclic amines) is 1. The molecule has 2 aliphatic heterocycles. The summed E-state index contributed by atoms with van der Waals surface area (Å²) in [6.07, 6.45) is 2.93. The van der Waals surface area contributed by atoms with Gasteiger partial charge in [0.1, 0.15) is 6.04 Å². The molecule has 1 aromatic rings. The van der Waals surface area contributed by atoms with Crippen LogP contribution in [0.4, 0.5) is 10.5 Å². The van der Waals surface area contributed by atoms with Gasteiger partial charge in [-0.2, -0.15) is 0 Å². The summed E-state index contributed by atoms with van der Waals surface area (Å²) in [5, 5.41) is 12.5. The van der Waals surface area contributed by atoms with Gasteiger partial charge in [0.05, 0.1) is 5.41 Å². The summed E-state index contributed by atoms with van der Waals surface area (Å²) >= 11 is 0. The number of carboxylic acids is 1. The number of fused-ring (bicyclic) bond motifs is 1. The van der Waals surface area contributed by atoms with Gasteiger partial charge >= 0.3 is 12.0 Å². The van der Waals surface area contributed by atoms with Gasteiger partial charge in [-0.15, -0.1) is 0 Å². The van der Waals surface area contributed by atoms with Crippen molar-refractivity contribution in [3.63, 3.8) is 0 Å². The second kappa shape index (κ2) is 6.55. The minimum atomic E-state index is -0.803. The molecule has 1 unspecified atom stereocenters. The molecule has 1 aliphatic carbocycles. The standard InChI is InChI=1S/C20H25N3O4/c1-13-4-6-15(7-5-13)23-10-8-16(17(23)24)21-19(27)22-11-14-3-2-9-20(14,12-22)18(25)26/h4-7,14,16H,2-3,8-12H2,1H3,(H,21,27)(H,25,26)/t14-,16?,20+/m0/s1. The Bertz CT molecular complexity index is 778. The van der Waals surface area contributed by atoms with Crippen molar-refractivity contribution < 1.29 is 19.5 Å². The fraction of sp³-hybridized carbons (Fsp3) is 0.550. The van der Waals surface area contributed by atoms with E-state index in [1.54, 1.807) is 9.80 Å². The second-order valence-electron chi connectivity index (χ2n) is 8.05. The maximum Gasteiger partial charge on any atom is 0.318 e. The van der Waals surface area contributed by atoms with E-state index in [4.69, 9.17) is 0 Å². The maximum atomic E-state index is 12.7. The molecule has 7 heteroatoms. The van der Waals surface area contributed by atoms with Crippen LogP contribution >= 0.6 is 0 Å². The highest BCUT2D eigenvalue weighted by atomic mass is 16.4. The first-order valence-corrected chi connectivity index (χ1v) is 9.57. The number of carboxylic acid groups (broad SMARTS) is 1. The van der Waals surface area contributed by atoms with Crippen LogP contribution in [-0.4, -0.2) is 53.6 Å². The molecular formula is C20H25N3O4. The van der Waals surface area contributed by atoms with Crippen molar-refractivity contribution in [1.29, 1.82) is 0 Å². The first-order chi connectivity index (χ1) is 12.9. The minimum Gasteiger partial charge on any atom is -0.481 e. The Morgan fingerprint density at radius 3 is 2.63 bits per heavy atom. The number of aliphatic carboxylic acids is 1. The van der Waals surface area contributed by atoms with Crippen molar-refractivity contribution in [2.75, 3.05) is 24.5 Å². The number of nitrogens with one attached hydrogen (secondary N) is 1. The summed E-state index contributed by atoms with van der Waals surface area (Å²) in [6.45, 7) is 3.25. The first-order valence-electron chi connectivity index (χ1n) is 9.57. The topological polar surface area (TPSA) is 90.0 Å². The zero-order valence-corrected chi connectivity index (χ0v) is 15.5. The molecule has 0 aromatic heterocycles. The number of hydrogen-bond donors (Lipinski definition) is 2. The third-order valence-corrected chi connectivity index (χ3v) is 6.43. The Morgan fingerprint density at radius 1 is 1.22 bits per heavy atom. The van der Waals surface area contributed by atoms with E-state index in [0.717, 1.165) is 24.1 Å². The highest BCUT2D eigenvalue weighted by Gasteiger charge is 2.56. The van der Waals surface area contributed by atoms with Crippen LogP contribution in [0.5, 0.6) is 0 Å². The van der Waals surface area contributed by atoms with Gasteiger partial charge < -0.3 is 20.2 Å². The Kier molecular flexibility index (Phi) is 4.32. The van der Waals surface area contributed by atoms with Crippen molar-refractivity contribution >= 4 is 23.6 Å². The minimum absolute atomic E-state index is 0.0177. The van der Waals surface area contributed by atoms with Crippen LogP contribution in [0.3, 0.4) is 0 Å². The van der Waals surface area contributed by atoms with Gasteiger partial charge in [-0.25, -0.2) is 4.79 Å². The van der Waals surface area contributed by atoms with Gasteiger partial charge in [-0.05, 0) is 44.2 Å². The van der Waals surface area contributed by atoms with E-state index in [1.807, 2.05) is 31.2 Å². The SMILES string of the molecule is Cc1ccc(N2CCC(NC(=O)N3C[C@@H]4CCC[C@@]4(C(=O)O)C3)C2=O)cc1. The number of anilines is 1. The van der Waals surface area contributed by atoms with Gasteiger partial charge in [0.15, 0.2) is 0 Å². The number of rotatable bonds is 3. The first kappa shape index (κ1) is 17.8. The zero-order valence-electron chi connectivity index (χ0n) is 15.5. The van der Waals surface area contributed by atoms with Gasteiger partial charge in [0.2, 0.25) is 5.91 Å². The summed E-state index contributed by atoms with van der Waals surface area (Å²) in [5.74, 6) is -0.897. The Labute approximate surface area is 158 Å². The number of amides is 3. The number of urea groups is 1. The normalized spacial score (nSPS) is 29.9. The van der Waals surface area contributed by atoms with Crippen LogP contribution in [0.1, 0.15) is 31.2 Å². The molecule has 3 fully saturated rings. The van der Waals surface area contributed by atoms with Crippen molar-refractivity contribution in [3.8, 4) is 0 Å². The quantitative estimate of drug-likeness (QED) is 0.850. The summed E-state index contributed by atoms with van der Waals surface area (Å²) < 4.78 is 0. The van der Waals surface area contributed by atoms with Crippen LogP contribution in [0, 0.1) is 18.3 Å². The molecule has 27 heavy (non-hydrogen) atoms. The summed E-state index contributed by atoms with van der Waals surface area (Å²) in [4.78, 5) is 40.4. The van der Waals surface area contributed by atoms with E-state index < -0.39 is 17.4 Å². The molecule has 0 bridgehead atoms. The van der Waals surface area contributed by atoms with Gasteiger partial charge in [-0.1, -0.05) is 24.1 Å². The molecule has 0 spiro atoms. The summed E-state index contributed by atoms with van der Waals surface area (Å²) in [6, 6.07) is 6.87. The third-order valence-electron chi connectivity index (χ3n) is 6.43. The smallest absolute Gasteiger partial charge is 0.318 e. The fourth-order valence-corrected chi connectivity index (χ4v) is 4.83. The molecule has 144 valence electrons. The largest absolute Gasteiger partial charge is 0.481 e. The molecule has 3 amide bonds. The average molecular weight is 371 g/mol. The monoisotopic (exact) mass is 371 g/mol. The average Bonchev–Trinajstić information content (AvgIpc) is 3.29. The van der Waals surface area contributed by atoms with Crippen LogP contribution in [0.2, 0.25) is 0 Å². The van der Waals surface area contributed by atoms with Crippen LogP contribution in [0.15, 0.2) is 24.3 Å². The summed E-state index contributed by atoms with van der Waals surface area (Å²) in [5.41, 5.74) is 1.16. The van der Waals surface area contributed by atoms with Crippen molar-refractivity contribution in [2.45, 2.75) is 38.6 Å². The summed E-state index contributed by atoms with van der Waals surface area (Å²) in [7, 11) is 0. The number of hydrogen-bond acceptors (Lipinski definition) is 3. The van der Waals surface area contributed by atoms with E-state index in [9.17, 15) is 19.5 Å². The second-order valence-corrected chi connectivity index (χ2v) is 8.05. The lowest BCUT2D eigenvalue weighted by atomic mass is 9.81.